The van der Waals surface area contributed by atoms with Gasteiger partial charge in [-0.25, -0.2) is 4.98 Å². The zero-order valence-electron chi connectivity index (χ0n) is 13.6. The Bertz CT molecular complexity index is 781. The fourth-order valence-electron chi connectivity index (χ4n) is 2.75. The minimum Gasteiger partial charge on any atom is -0.370 e. The van der Waals surface area contributed by atoms with E-state index in [1.807, 2.05) is 42.5 Å². The van der Waals surface area contributed by atoms with Crippen LogP contribution in [0.3, 0.4) is 0 Å². The van der Waals surface area contributed by atoms with Crippen LogP contribution in [-0.2, 0) is 11.3 Å². The molecule has 0 aliphatic heterocycles. The molecular weight excluding hydrogens is 302 g/mol. The molecule has 0 saturated heterocycles. The average Bonchev–Trinajstić information content (AvgIpc) is 3.01. The number of carbonyl (C=O) groups excluding carboxylic acids is 1. The van der Waals surface area contributed by atoms with Crippen molar-refractivity contribution in [3.8, 4) is 0 Å². The Hall–Kier alpha value is -2.73. The van der Waals surface area contributed by atoms with E-state index in [0.29, 0.717) is 19.5 Å². The summed E-state index contributed by atoms with van der Waals surface area (Å²) < 4.78 is 0. The third kappa shape index (κ3) is 3.78. The minimum absolute atomic E-state index is 0.0544. The van der Waals surface area contributed by atoms with E-state index >= 15 is 0 Å². The second-order valence-electron chi connectivity index (χ2n) is 5.82. The topological polar surface area (TPSA) is 87.9 Å². The quantitative estimate of drug-likeness (QED) is 0.699. The molecule has 2 aromatic heterocycles. The van der Waals surface area contributed by atoms with E-state index in [9.17, 15) is 4.79 Å². The summed E-state index contributed by atoms with van der Waals surface area (Å²) in [4.78, 5) is 25.7. The lowest BCUT2D eigenvalue weighted by Crippen LogP contribution is -2.31. The van der Waals surface area contributed by atoms with Crippen molar-refractivity contribution in [2.24, 2.45) is 5.73 Å². The minimum atomic E-state index is -0.308. The predicted octanol–water partition coefficient (Wildman–Crippen LogP) is 2.40. The Morgan fingerprint density at radius 1 is 1.25 bits per heavy atom. The Morgan fingerprint density at radius 3 is 2.75 bits per heavy atom. The highest BCUT2D eigenvalue weighted by atomic mass is 16.1. The summed E-state index contributed by atoms with van der Waals surface area (Å²) in [7, 11) is 0. The summed E-state index contributed by atoms with van der Waals surface area (Å²) in [5.41, 5.74) is 8.23. The number of primary amides is 1. The largest absolute Gasteiger partial charge is 0.370 e. The zero-order valence-corrected chi connectivity index (χ0v) is 13.6. The molecule has 0 spiro atoms. The van der Waals surface area contributed by atoms with Gasteiger partial charge < -0.3 is 10.7 Å². The second-order valence-corrected chi connectivity index (χ2v) is 5.82. The van der Waals surface area contributed by atoms with Crippen molar-refractivity contribution in [2.45, 2.75) is 25.9 Å². The van der Waals surface area contributed by atoms with Crippen molar-refractivity contribution < 1.29 is 4.79 Å². The smallest absolute Gasteiger partial charge is 0.218 e. The number of nitrogens with two attached hydrogens (primary N) is 1. The maximum absolute atomic E-state index is 11.2. The first-order chi connectivity index (χ1) is 11.6. The highest BCUT2D eigenvalue weighted by Gasteiger charge is 2.19. The molecule has 0 aliphatic rings. The highest BCUT2D eigenvalue weighted by molar-refractivity contribution is 5.75. The SMILES string of the molecule is CC(c1ccccn1)N(CCC(N)=O)Cc1nc2ccccc2[nH]1. The van der Waals surface area contributed by atoms with Gasteiger partial charge in [0.25, 0.3) is 0 Å². The molecule has 0 aliphatic carbocycles. The molecule has 24 heavy (non-hydrogen) atoms. The van der Waals surface area contributed by atoms with Crippen molar-refractivity contribution >= 4 is 16.9 Å². The number of H-pyrrole nitrogens is 1. The summed E-state index contributed by atoms with van der Waals surface area (Å²) >= 11 is 0. The van der Waals surface area contributed by atoms with E-state index in [4.69, 9.17) is 5.73 Å². The Kier molecular flexibility index (Phi) is 4.86. The van der Waals surface area contributed by atoms with Crippen LogP contribution < -0.4 is 5.73 Å². The zero-order chi connectivity index (χ0) is 16.9. The van der Waals surface area contributed by atoms with Crippen molar-refractivity contribution in [3.05, 3.63) is 60.2 Å². The summed E-state index contributed by atoms with van der Waals surface area (Å²) in [5, 5.41) is 0. The van der Waals surface area contributed by atoms with Gasteiger partial charge >= 0.3 is 0 Å². The van der Waals surface area contributed by atoms with Crippen molar-refractivity contribution in [2.75, 3.05) is 6.54 Å². The Balaban J connectivity index is 1.82. The number of pyridine rings is 1. The van der Waals surface area contributed by atoms with Crippen LogP contribution in [-0.4, -0.2) is 32.3 Å². The van der Waals surface area contributed by atoms with Gasteiger partial charge in [0.05, 0.1) is 23.3 Å². The highest BCUT2D eigenvalue weighted by Crippen LogP contribution is 2.21. The molecule has 1 amide bonds. The number of nitrogens with zero attached hydrogens (tertiary/aromatic N) is 3. The molecule has 6 heteroatoms. The van der Waals surface area contributed by atoms with E-state index < -0.39 is 0 Å². The number of benzene rings is 1. The fraction of sp³-hybridized carbons (Fsp3) is 0.278. The first-order valence-corrected chi connectivity index (χ1v) is 8.00. The number of carbonyl (C=O) groups is 1. The lowest BCUT2D eigenvalue weighted by Gasteiger charge is -2.27. The average molecular weight is 323 g/mol. The van der Waals surface area contributed by atoms with Gasteiger partial charge in [0.15, 0.2) is 0 Å². The van der Waals surface area contributed by atoms with Gasteiger partial charge in [-0.05, 0) is 31.2 Å². The van der Waals surface area contributed by atoms with Gasteiger partial charge in [0, 0.05) is 25.2 Å². The van der Waals surface area contributed by atoms with Crippen molar-refractivity contribution in [1.82, 2.24) is 19.9 Å². The molecule has 6 nitrogen and oxygen atoms in total. The number of imidazole rings is 1. The normalized spacial score (nSPS) is 12.6. The van der Waals surface area contributed by atoms with Gasteiger partial charge in [-0.3, -0.25) is 14.7 Å². The maximum atomic E-state index is 11.2. The third-order valence-corrected chi connectivity index (χ3v) is 4.10. The van der Waals surface area contributed by atoms with Gasteiger partial charge in [0.2, 0.25) is 5.91 Å². The number of hydrogen-bond acceptors (Lipinski definition) is 4. The first-order valence-electron chi connectivity index (χ1n) is 8.00. The number of fused-ring (bicyclic) bond motifs is 1. The molecule has 1 atom stereocenters. The van der Waals surface area contributed by atoms with Crippen molar-refractivity contribution in [1.29, 1.82) is 0 Å². The molecule has 0 radical (unpaired) electrons. The summed E-state index contributed by atoms with van der Waals surface area (Å²) in [5.74, 6) is 0.557. The lowest BCUT2D eigenvalue weighted by atomic mass is 10.1. The lowest BCUT2D eigenvalue weighted by molar-refractivity contribution is -0.118. The van der Waals surface area contributed by atoms with Gasteiger partial charge in [-0.2, -0.15) is 0 Å². The van der Waals surface area contributed by atoms with Crippen LogP contribution >= 0.6 is 0 Å². The van der Waals surface area contributed by atoms with Crippen LogP contribution in [0.15, 0.2) is 48.7 Å². The third-order valence-electron chi connectivity index (χ3n) is 4.10. The summed E-state index contributed by atoms with van der Waals surface area (Å²) in [6.07, 6.45) is 2.08. The first kappa shape index (κ1) is 16.1. The number of nitrogens with one attached hydrogen (secondary N) is 1. The Morgan fingerprint density at radius 2 is 2.04 bits per heavy atom. The second kappa shape index (κ2) is 7.23. The van der Waals surface area contributed by atoms with Crippen molar-refractivity contribution in [3.63, 3.8) is 0 Å². The number of para-hydroxylation sites is 2. The monoisotopic (exact) mass is 323 g/mol. The van der Waals surface area contributed by atoms with Gasteiger partial charge in [-0.15, -0.1) is 0 Å². The van der Waals surface area contributed by atoms with Crippen LogP contribution in [0.4, 0.5) is 0 Å². The fourth-order valence-corrected chi connectivity index (χ4v) is 2.75. The molecule has 124 valence electrons. The molecule has 0 bridgehead atoms. The van der Waals surface area contributed by atoms with Gasteiger partial charge in [0.1, 0.15) is 5.82 Å². The number of rotatable bonds is 7. The molecule has 2 heterocycles. The van der Waals surface area contributed by atoms with Crippen LogP contribution in [0.2, 0.25) is 0 Å². The standard InChI is InChI=1S/C18H21N5O/c1-13(14-6-4-5-10-20-14)23(11-9-17(19)24)12-18-21-15-7-2-3-8-16(15)22-18/h2-8,10,13H,9,11-12H2,1H3,(H2,19,24)(H,21,22). The molecule has 0 saturated carbocycles. The molecule has 1 aromatic carbocycles. The molecular formula is C18H21N5O. The molecule has 3 aromatic rings. The number of aromatic amines is 1. The van der Waals surface area contributed by atoms with E-state index in [-0.39, 0.29) is 11.9 Å². The van der Waals surface area contributed by atoms with E-state index in [1.54, 1.807) is 6.20 Å². The maximum Gasteiger partial charge on any atom is 0.218 e. The summed E-state index contributed by atoms with van der Waals surface area (Å²) in [6.45, 7) is 3.23. The van der Waals surface area contributed by atoms with E-state index in [1.165, 1.54) is 0 Å². The number of amides is 1. The van der Waals surface area contributed by atoms with E-state index in [2.05, 4.69) is 26.8 Å². The summed E-state index contributed by atoms with van der Waals surface area (Å²) in [6, 6.07) is 13.8. The van der Waals surface area contributed by atoms with Crippen LogP contribution in [0.1, 0.15) is 30.9 Å². The number of hydrogen-bond donors (Lipinski definition) is 2. The van der Waals surface area contributed by atoms with Crippen LogP contribution in [0.25, 0.3) is 11.0 Å². The molecule has 3 rings (SSSR count). The molecule has 1 unspecified atom stereocenters. The van der Waals surface area contributed by atoms with Crippen LogP contribution in [0.5, 0.6) is 0 Å². The molecule has 3 N–H and O–H groups in total. The van der Waals surface area contributed by atoms with Gasteiger partial charge in [-0.1, -0.05) is 18.2 Å². The van der Waals surface area contributed by atoms with Crippen LogP contribution in [0, 0.1) is 0 Å². The number of aromatic nitrogens is 3. The predicted molar refractivity (Wildman–Crippen MR) is 93.0 cm³/mol. The van der Waals surface area contributed by atoms with E-state index in [0.717, 1.165) is 22.6 Å². The molecule has 0 fully saturated rings. The Labute approximate surface area is 140 Å².